The quantitative estimate of drug-likeness (QED) is 0.346. The van der Waals surface area contributed by atoms with E-state index in [0.29, 0.717) is 22.9 Å². The van der Waals surface area contributed by atoms with Gasteiger partial charge in [-0.2, -0.15) is 10.2 Å². The minimum Gasteiger partial charge on any atom is -0.457 e. The maximum absolute atomic E-state index is 13.0. The summed E-state index contributed by atoms with van der Waals surface area (Å²) in [4.78, 5) is 17.4. The highest BCUT2D eigenvalue weighted by molar-refractivity contribution is 7.92. The third-order valence-electron chi connectivity index (χ3n) is 6.57. The second kappa shape index (κ2) is 13.4. The van der Waals surface area contributed by atoms with Gasteiger partial charge in [-0.25, -0.2) is 13.2 Å². The summed E-state index contributed by atoms with van der Waals surface area (Å²) in [5, 5.41) is 10.6. The van der Waals surface area contributed by atoms with Gasteiger partial charge in [-0.15, -0.1) is 0 Å². The van der Waals surface area contributed by atoms with Gasteiger partial charge >= 0.3 is 6.03 Å². The SMILES string of the molecule is CCCCN(C(=O)Nc1ccnnc1)C1CCN(Cc2ccc(Oc3ccc(NS(C)(=O)=O)cc3)cc2)CC1. The second-order valence-electron chi connectivity index (χ2n) is 9.76. The van der Waals surface area contributed by atoms with E-state index < -0.39 is 10.0 Å². The third-order valence-corrected chi connectivity index (χ3v) is 7.18. The average Bonchev–Trinajstić information content (AvgIpc) is 2.92. The summed E-state index contributed by atoms with van der Waals surface area (Å²) in [6.07, 6.45) is 8.11. The minimum absolute atomic E-state index is 0.0770. The van der Waals surface area contributed by atoms with Gasteiger partial charge in [0.25, 0.3) is 0 Å². The number of nitrogens with one attached hydrogen (secondary N) is 2. The first-order valence-electron chi connectivity index (χ1n) is 13.2. The average molecular weight is 553 g/mol. The summed E-state index contributed by atoms with van der Waals surface area (Å²) >= 11 is 0. The van der Waals surface area contributed by atoms with Gasteiger partial charge in [-0.1, -0.05) is 25.5 Å². The first-order chi connectivity index (χ1) is 18.8. The Kier molecular flexibility index (Phi) is 9.72. The van der Waals surface area contributed by atoms with Gasteiger partial charge in [-0.05, 0) is 67.3 Å². The molecule has 0 aliphatic carbocycles. The Morgan fingerprint density at radius 2 is 1.67 bits per heavy atom. The first kappa shape index (κ1) is 28.3. The lowest BCUT2D eigenvalue weighted by atomic mass is 10.0. The third kappa shape index (κ3) is 8.93. The molecule has 1 saturated heterocycles. The standard InChI is InChI=1S/C28H36N6O4S/c1-3-4-17-34(28(35)31-24-13-16-29-30-20-24)25-14-18-33(19-15-25)21-22-5-9-26(10-6-22)38-27-11-7-23(8-12-27)32-39(2,36)37/h5-13,16,20,25,32H,3-4,14-15,17-19,21H2,1-2H3,(H,29,31,35). The van der Waals surface area contributed by atoms with Crippen molar-refractivity contribution in [2.45, 2.75) is 45.2 Å². The number of benzene rings is 2. The minimum atomic E-state index is -3.31. The number of anilines is 2. The van der Waals surface area contributed by atoms with Crippen LogP contribution >= 0.6 is 0 Å². The van der Waals surface area contributed by atoms with Crippen molar-refractivity contribution in [2.24, 2.45) is 0 Å². The number of nitrogens with zero attached hydrogens (tertiary/aromatic N) is 4. The van der Waals surface area contributed by atoms with Crippen molar-refractivity contribution in [3.8, 4) is 11.5 Å². The van der Waals surface area contributed by atoms with Crippen LogP contribution in [0.15, 0.2) is 67.0 Å². The molecule has 10 nitrogen and oxygen atoms in total. The lowest BCUT2D eigenvalue weighted by Gasteiger charge is -2.38. The number of aromatic nitrogens is 2. The van der Waals surface area contributed by atoms with Gasteiger partial charge in [0, 0.05) is 37.9 Å². The topological polar surface area (TPSA) is 117 Å². The molecule has 2 N–H and O–H groups in total. The van der Waals surface area contributed by atoms with Crippen LogP contribution in [0.4, 0.5) is 16.2 Å². The number of piperidine rings is 1. The van der Waals surface area contributed by atoms with Crippen molar-refractivity contribution in [3.63, 3.8) is 0 Å². The summed E-state index contributed by atoms with van der Waals surface area (Å²) in [6.45, 7) is 5.55. The number of hydrogen-bond donors (Lipinski definition) is 2. The van der Waals surface area contributed by atoms with Gasteiger partial charge in [0.1, 0.15) is 11.5 Å². The van der Waals surface area contributed by atoms with Crippen molar-refractivity contribution in [3.05, 3.63) is 72.6 Å². The molecule has 0 atom stereocenters. The van der Waals surface area contributed by atoms with E-state index in [2.05, 4.69) is 44.2 Å². The van der Waals surface area contributed by atoms with E-state index in [1.54, 1.807) is 42.7 Å². The van der Waals surface area contributed by atoms with Crippen LogP contribution < -0.4 is 14.8 Å². The summed E-state index contributed by atoms with van der Waals surface area (Å²) in [5.74, 6) is 1.34. The molecule has 208 valence electrons. The molecule has 0 radical (unpaired) electrons. The van der Waals surface area contributed by atoms with Gasteiger partial charge in [0.2, 0.25) is 10.0 Å². The number of sulfonamides is 1. The molecular weight excluding hydrogens is 516 g/mol. The predicted octanol–water partition coefficient (Wildman–Crippen LogP) is 4.94. The van der Waals surface area contributed by atoms with E-state index in [4.69, 9.17) is 4.74 Å². The smallest absolute Gasteiger partial charge is 0.322 e. The Balaban J connectivity index is 1.27. The number of carbonyl (C=O) groups is 1. The number of amides is 2. The molecule has 0 spiro atoms. The van der Waals surface area contributed by atoms with Crippen LogP contribution in [0.2, 0.25) is 0 Å². The molecule has 2 amide bonds. The van der Waals surface area contributed by atoms with Gasteiger partial charge in [0.15, 0.2) is 0 Å². The Hall–Kier alpha value is -3.70. The molecule has 4 rings (SSSR count). The van der Waals surface area contributed by atoms with E-state index in [9.17, 15) is 13.2 Å². The van der Waals surface area contributed by atoms with Crippen molar-refractivity contribution in [1.29, 1.82) is 0 Å². The molecule has 0 unspecified atom stereocenters. The van der Waals surface area contributed by atoms with Crippen molar-refractivity contribution < 1.29 is 17.9 Å². The van der Waals surface area contributed by atoms with Gasteiger partial charge in [-0.3, -0.25) is 9.62 Å². The van der Waals surface area contributed by atoms with E-state index in [1.807, 2.05) is 17.0 Å². The lowest BCUT2D eigenvalue weighted by molar-refractivity contribution is 0.122. The van der Waals surface area contributed by atoms with Gasteiger partial charge < -0.3 is 15.0 Å². The number of carbonyl (C=O) groups excluding carboxylic acids is 1. The lowest BCUT2D eigenvalue weighted by Crippen LogP contribution is -2.49. The van der Waals surface area contributed by atoms with Crippen LogP contribution in [0, 0.1) is 0 Å². The summed E-state index contributed by atoms with van der Waals surface area (Å²) in [7, 11) is -3.31. The second-order valence-corrected chi connectivity index (χ2v) is 11.5. The molecule has 1 aromatic heterocycles. The van der Waals surface area contributed by atoms with Crippen molar-refractivity contribution in [1.82, 2.24) is 20.0 Å². The van der Waals surface area contributed by atoms with Crippen LogP contribution in [0.3, 0.4) is 0 Å². The van der Waals surface area contributed by atoms with Crippen LogP contribution in [-0.4, -0.2) is 66.4 Å². The molecule has 2 aromatic carbocycles. The van der Waals surface area contributed by atoms with Gasteiger partial charge in [0.05, 0.1) is 24.3 Å². The monoisotopic (exact) mass is 552 g/mol. The molecular formula is C28H36N6O4S. The fraction of sp³-hybridized carbons (Fsp3) is 0.393. The first-order valence-corrected chi connectivity index (χ1v) is 15.1. The number of likely N-dealkylation sites (tertiary alicyclic amines) is 1. The Labute approximate surface area is 230 Å². The molecule has 39 heavy (non-hydrogen) atoms. The maximum atomic E-state index is 13.0. The van der Waals surface area contributed by atoms with E-state index in [1.165, 1.54) is 5.56 Å². The molecule has 11 heteroatoms. The van der Waals surface area contributed by atoms with Crippen LogP contribution in [0.1, 0.15) is 38.2 Å². The molecule has 0 bridgehead atoms. The van der Waals surface area contributed by atoms with Crippen molar-refractivity contribution in [2.75, 3.05) is 35.9 Å². The summed E-state index contributed by atoms with van der Waals surface area (Å²) < 4.78 is 31.1. The molecule has 1 aliphatic heterocycles. The summed E-state index contributed by atoms with van der Waals surface area (Å²) in [5.41, 5.74) is 2.34. The van der Waals surface area contributed by atoms with Crippen molar-refractivity contribution >= 4 is 27.4 Å². The largest absolute Gasteiger partial charge is 0.457 e. The summed E-state index contributed by atoms with van der Waals surface area (Å²) in [6, 6.07) is 16.7. The number of urea groups is 1. The zero-order valence-electron chi connectivity index (χ0n) is 22.4. The number of unbranched alkanes of at least 4 members (excludes halogenated alkanes) is 1. The molecule has 1 fully saturated rings. The Morgan fingerprint density at radius 1 is 1.00 bits per heavy atom. The molecule has 3 aromatic rings. The zero-order chi connectivity index (χ0) is 27.7. The van der Waals surface area contributed by atoms with Crippen LogP contribution in [-0.2, 0) is 16.6 Å². The van der Waals surface area contributed by atoms with Crippen LogP contribution in [0.5, 0.6) is 11.5 Å². The highest BCUT2D eigenvalue weighted by Gasteiger charge is 2.27. The predicted molar refractivity (Wildman–Crippen MR) is 152 cm³/mol. The molecule has 0 saturated carbocycles. The number of rotatable bonds is 11. The number of hydrogen-bond acceptors (Lipinski definition) is 7. The highest BCUT2D eigenvalue weighted by Crippen LogP contribution is 2.25. The molecule has 1 aliphatic rings. The normalized spacial score (nSPS) is 14.5. The highest BCUT2D eigenvalue weighted by atomic mass is 32.2. The van der Waals surface area contributed by atoms with E-state index >= 15 is 0 Å². The van der Waals surface area contributed by atoms with E-state index in [0.717, 1.165) is 58.1 Å². The Bertz CT molecular complexity index is 1300. The zero-order valence-corrected chi connectivity index (χ0v) is 23.2. The fourth-order valence-corrected chi connectivity index (χ4v) is 5.15. The van der Waals surface area contributed by atoms with E-state index in [-0.39, 0.29) is 12.1 Å². The molecule has 2 heterocycles. The Morgan fingerprint density at radius 3 is 2.26 bits per heavy atom. The maximum Gasteiger partial charge on any atom is 0.322 e. The number of ether oxygens (including phenoxy) is 1. The fourth-order valence-electron chi connectivity index (χ4n) is 4.59. The van der Waals surface area contributed by atoms with Crippen LogP contribution in [0.25, 0.3) is 0 Å².